The van der Waals surface area contributed by atoms with Gasteiger partial charge in [0.1, 0.15) is 5.75 Å². The third-order valence-corrected chi connectivity index (χ3v) is 2.86. The molecule has 0 fully saturated rings. The number of tetrazole rings is 1. The smallest absolute Gasteiger partial charge is 0.310 e. The molecule has 0 amide bonds. The summed E-state index contributed by atoms with van der Waals surface area (Å²) in [6, 6.07) is 7.31. The summed E-state index contributed by atoms with van der Waals surface area (Å²) < 4.78 is 10.3. The van der Waals surface area contributed by atoms with Gasteiger partial charge in [-0.25, -0.2) is 0 Å². The number of methoxy groups -OCH3 is 1. The highest BCUT2D eigenvalue weighted by Crippen LogP contribution is 2.19. The van der Waals surface area contributed by atoms with E-state index in [1.807, 2.05) is 24.3 Å². The first-order valence-electron chi connectivity index (χ1n) is 6.65. The van der Waals surface area contributed by atoms with Crippen molar-refractivity contribution in [3.05, 3.63) is 24.3 Å². The maximum Gasteiger partial charge on any atom is 0.310 e. The van der Waals surface area contributed by atoms with Crippen LogP contribution in [0.3, 0.4) is 0 Å². The third kappa shape index (κ3) is 3.56. The number of carbonyl (C=O) groups is 1. The maximum absolute atomic E-state index is 11.5. The molecule has 112 valence electrons. The number of ether oxygens (including phenoxy) is 2. The number of esters is 1. The molecule has 1 aromatic carbocycles. The Balaban J connectivity index is 2.11. The van der Waals surface area contributed by atoms with E-state index >= 15 is 0 Å². The molecular formula is C14H18N4O3. The zero-order valence-corrected chi connectivity index (χ0v) is 12.5. The fourth-order valence-electron chi connectivity index (χ4n) is 1.59. The number of aromatic nitrogens is 4. The van der Waals surface area contributed by atoms with Gasteiger partial charge in [0, 0.05) is 5.56 Å². The SMILES string of the molecule is COc1ccc(-c2nnn([C@@H](C)OC(=O)C(C)C)n2)cc1. The fourth-order valence-corrected chi connectivity index (χ4v) is 1.59. The Labute approximate surface area is 122 Å². The predicted molar refractivity (Wildman–Crippen MR) is 75.4 cm³/mol. The van der Waals surface area contributed by atoms with E-state index < -0.39 is 6.23 Å². The van der Waals surface area contributed by atoms with E-state index in [1.54, 1.807) is 27.9 Å². The molecule has 0 spiro atoms. The van der Waals surface area contributed by atoms with Gasteiger partial charge >= 0.3 is 5.97 Å². The zero-order valence-electron chi connectivity index (χ0n) is 12.5. The molecule has 7 nitrogen and oxygen atoms in total. The van der Waals surface area contributed by atoms with Crippen LogP contribution in [0, 0.1) is 5.92 Å². The molecule has 0 aliphatic heterocycles. The first kappa shape index (κ1) is 15.0. The number of nitrogens with zero attached hydrogens (tertiary/aromatic N) is 4. The van der Waals surface area contributed by atoms with E-state index in [0.29, 0.717) is 5.82 Å². The minimum atomic E-state index is -0.598. The van der Waals surface area contributed by atoms with Crippen LogP contribution in [0.15, 0.2) is 24.3 Å². The summed E-state index contributed by atoms with van der Waals surface area (Å²) >= 11 is 0. The molecule has 1 atom stereocenters. The minimum Gasteiger partial charge on any atom is -0.497 e. The lowest BCUT2D eigenvalue weighted by molar-refractivity contribution is -0.158. The van der Waals surface area contributed by atoms with Gasteiger partial charge in [-0.1, -0.05) is 13.8 Å². The molecule has 21 heavy (non-hydrogen) atoms. The standard InChI is InChI=1S/C14H18N4O3/c1-9(2)14(19)21-10(3)18-16-13(15-17-18)11-5-7-12(20-4)8-6-11/h5-10H,1-4H3/t10-/m1/s1. The second-order valence-corrected chi connectivity index (χ2v) is 4.85. The molecule has 0 saturated heterocycles. The summed E-state index contributed by atoms with van der Waals surface area (Å²) in [5, 5.41) is 12.1. The molecule has 1 heterocycles. The predicted octanol–water partition coefficient (Wildman–Crippen LogP) is 2.07. The van der Waals surface area contributed by atoms with Gasteiger partial charge in [-0.05, 0) is 36.4 Å². The van der Waals surface area contributed by atoms with Crippen molar-refractivity contribution in [2.24, 2.45) is 5.92 Å². The minimum absolute atomic E-state index is 0.197. The molecule has 0 unspecified atom stereocenters. The van der Waals surface area contributed by atoms with Crippen LogP contribution in [0.25, 0.3) is 11.4 Å². The lowest BCUT2D eigenvalue weighted by Crippen LogP contribution is -2.20. The molecule has 0 saturated carbocycles. The third-order valence-electron chi connectivity index (χ3n) is 2.86. The molecule has 0 aliphatic rings. The van der Waals surface area contributed by atoms with E-state index in [9.17, 15) is 4.79 Å². The molecule has 1 aromatic heterocycles. The van der Waals surface area contributed by atoms with Crippen molar-refractivity contribution in [2.75, 3.05) is 7.11 Å². The number of benzene rings is 1. The van der Waals surface area contributed by atoms with Crippen molar-refractivity contribution in [3.63, 3.8) is 0 Å². The number of carbonyl (C=O) groups excluding carboxylic acids is 1. The highest BCUT2D eigenvalue weighted by Gasteiger charge is 2.17. The van der Waals surface area contributed by atoms with Crippen LogP contribution < -0.4 is 4.74 Å². The van der Waals surface area contributed by atoms with Gasteiger partial charge in [0.2, 0.25) is 12.1 Å². The molecule has 0 bridgehead atoms. The second-order valence-electron chi connectivity index (χ2n) is 4.85. The average molecular weight is 290 g/mol. The molecule has 7 heteroatoms. The first-order valence-corrected chi connectivity index (χ1v) is 6.65. The quantitative estimate of drug-likeness (QED) is 0.784. The van der Waals surface area contributed by atoms with Crippen LogP contribution in [-0.2, 0) is 9.53 Å². The topological polar surface area (TPSA) is 79.1 Å². The van der Waals surface area contributed by atoms with Gasteiger partial charge in [-0.3, -0.25) is 4.79 Å². The van der Waals surface area contributed by atoms with Crippen LogP contribution in [0.5, 0.6) is 5.75 Å². The summed E-state index contributed by atoms with van der Waals surface area (Å²) in [5.74, 6) is 0.721. The van der Waals surface area contributed by atoms with E-state index in [2.05, 4.69) is 15.4 Å². The molecule has 0 radical (unpaired) electrons. The summed E-state index contributed by atoms with van der Waals surface area (Å²) in [4.78, 5) is 12.8. The zero-order chi connectivity index (χ0) is 15.4. The molecule has 0 N–H and O–H groups in total. The van der Waals surface area contributed by atoms with E-state index in [1.165, 1.54) is 4.80 Å². The van der Waals surface area contributed by atoms with Gasteiger partial charge in [0.15, 0.2) is 0 Å². The van der Waals surface area contributed by atoms with E-state index in [0.717, 1.165) is 11.3 Å². The molecule has 0 aliphatic carbocycles. The van der Waals surface area contributed by atoms with Gasteiger partial charge in [0.25, 0.3) is 0 Å². The lowest BCUT2D eigenvalue weighted by atomic mass is 10.2. The Kier molecular flexibility index (Phi) is 4.52. The average Bonchev–Trinajstić information content (AvgIpc) is 2.97. The Bertz CT molecular complexity index is 607. The van der Waals surface area contributed by atoms with Crippen molar-refractivity contribution >= 4 is 5.97 Å². The number of rotatable bonds is 5. The van der Waals surface area contributed by atoms with Crippen molar-refractivity contribution in [1.29, 1.82) is 0 Å². The van der Waals surface area contributed by atoms with Gasteiger partial charge in [-0.2, -0.15) is 0 Å². The first-order chi connectivity index (χ1) is 10.0. The van der Waals surface area contributed by atoms with E-state index in [4.69, 9.17) is 9.47 Å². The van der Waals surface area contributed by atoms with Crippen molar-refractivity contribution in [1.82, 2.24) is 20.2 Å². The van der Waals surface area contributed by atoms with Gasteiger partial charge in [-0.15, -0.1) is 15.0 Å². The van der Waals surface area contributed by atoms with Crippen LogP contribution >= 0.6 is 0 Å². The van der Waals surface area contributed by atoms with Crippen LogP contribution in [0.1, 0.15) is 27.0 Å². The number of hydrogen-bond donors (Lipinski definition) is 0. The fraction of sp³-hybridized carbons (Fsp3) is 0.429. The van der Waals surface area contributed by atoms with Crippen LogP contribution in [0.2, 0.25) is 0 Å². The van der Waals surface area contributed by atoms with Gasteiger partial charge < -0.3 is 9.47 Å². The highest BCUT2D eigenvalue weighted by molar-refractivity contribution is 5.71. The monoisotopic (exact) mass is 290 g/mol. The number of hydrogen-bond acceptors (Lipinski definition) is 6. The summed E-state index contributed by atoms with van der Waals surface area (Å²) in [5.41, 5.74) is 0.810. The Hall–Kier alpha value is -2.44. The summed E-state index contributed by atoms with van der Waals surface area (Å²) in [7, 11) is 1.61. The Morgan fingerprint density at radius 3 is 2.43 bits per heavy atom. The summed E-state index contributed by atoms with van der Waals surface area (Å²) in [6.45, 7) is 5.24. The Morgan fingerprint density at radius 1 is 1.19 bits per heavy atom. The van der Waals surface area contributed by atoms with Crippen LogP contribution in [-0.4, -0.2) is 33.3 Å². The molecule has 2 rings (SSSR count). The molecular weight excluding hydrogens is 272 g/mol. The second kappa shape index (κ2) is 6.34. The van der Waals surface area contributed by atoms with E-state index in [-0.39, 0.29) is 11.9 Å². The normalized spacial score (nSPS) is 12.2. The van der Waals surface area contributed by atoms with Crippen LogP contribution in [0.4, 0.5) is 0 Å². The lowest BCUT2D eigenvalue weighted by Gasteiger charge is -2.12. The highest BCUT2D eigenvalue weighted by atomic mass is 16.6. The summed E-state index contributed by atoms with van der Waals surface area (Å²) in [6.07, 6.45) is -0.598. The van der Waals surface area contributed by atoms with Crippen molar-refractivity contribution < 1.29 is 14.3 Å². The maximum atomic E-state index is 11.5. The van der Waals surface area contributed by atoms with Crippen molar-refractivity contribution in [3.8, 4) is 17.1 Å². The van der Waals surface area contributed by atoms with Gasteiger partial charge in [0.05, 0.1) is 13.0 Å². The largest absolute Gasteiger partial charge is 0.497 e. The molecule has 2 aromatic rings. The Morgan fingerprint density at radius 2 is 1.86 bits per heavy atom. The van der Waals surface area contributed by atoms with Crippen molar-refractivity contribution in [2.45, 2.75) is 27.0 Å².